The third kappa shape index (κ3) is 3.52. The Morgan fingerprint density at radius 3 is 2.87 bits per heavy atom. The van der Waals surface area contributed by atoms with Crippen LogP contribution in [0.15, 0.2) is 24.4 Å². The number of ether oxygens (including phenoxy) is 2. The summed E-state index contributed by atoms with van der Waals surface area (Å²) in [7, 11) is 1.64. The first-order valence-electron chi connectivity index (χ1n) is 10.8. The van der Waals surface area contributed by atoms with E-state index in [1.165, 1.54) is 24.8 Å². The maximum absolute atomic E-state index is 6.59. The molecule has 2 aromatic heterocycles. The Morgan fingerprint density at radius 2 is 2.13 bits per heavy atom. The number of anilines is 1. The summed E-state index contributed by atoms with van der Waals surface area (Å²) < 4.78 is 13.1. The zero-order valence-electron chi connectivity index (χ0n) is 17.5. The molecule has 0 spiro atoms. The monoisotopic (exact) mass is 426 g/mol. The summed E-state index contributed by atoms with van der Waals surface area (Å²) in [5.74, 6) is 2.66. The van der Waals surface area contributed by atoms with Crippen molar-refractivity contribution in [3.8, 4) is 16.9 Å². The summed E-state index contributed by atoms with van der Waals surface area (Å²) in [5, 5.41) is 5.41. The van der Waals surface area contributed by atoms with Gasteiger partial charge in [0.2, 0.25) is 0 Å². The summed E-state index contributed by atoms with van der Waals surface area (Å²) in [5.41, 5.74) is 4.86. The molecule has 6 nitrogen and oxygen atoms in total. The van der Waals surface area contributed by atoms with E-state index in [1.54, 1.807) is 7.11 Å². The van der Waals surface area contributed by atoms with Gasteiger partial charge in [-0.3, -0.25) is 0 Å². The fourth-order valence-corrected chi connectivity index (χ4v) is 4.45. The summed E-state index contributed by atoms with van der Waals surface area (Å²) in [6, 6.07) is 5.73. The van der Waals surface area contributed by atoms with Crippen LogP contribution >= 0.6 is 11.6 Å². The number of halogens is 1. The number of hydrogen-bond acceptors (Lipinski definition) is 5. The third-order valence-electron chi connectivity index (χ3n) is 6.01. The fourth-order valence-electron chi connectivity index (χ4n) is 4.17. The minimum absolute atomic E-state index is 0.546. The van der Waals surface area contributed by atoms with Gasteiger partial charge in [0.05, 0.1) is 37.2 Å². The van der Waals surface area contributed by atoms with Gasteiger partial charge >= 0.3 is 0 Å². The van der Waals surface area contributed by atoms with E-state index in [9.17, 15) is 0 Å². The molecule has 0 radical (unpaired) electrons. The highest BCUT2D eigenvalue weighted by molar-refractivity contribution is 6.33. The number of hydrogen-bond donors (Lipinski definition) is 0. The number of fused-ring (bicyclic) bond motifs is 2. The summed E-state index contributed by atoms with van der Waals surface area (Å²) in [6.07, 6.45) is 6.85. The lowest BCUT2D eigenvalue weighted by molar-refractivity contribution is 0.133. The van der Waals surface area contributed by atoms with Gasteiger partial charge in [0.1, 0.15) is 11.6 Å². The SMILES string of the molecule is CCCCN(CC1CC1)c1c2c(nc3c(-c4ccc(OC)cc4Cl)cnn13)COC2. The minimum Gasteiger partial charge on any atom is -0.497 e. The van der Waals surface area contributed by atoms with Gasteiger partial charge < -0.3 is 14.4 Å². The molecule has 0 bridgehead atoms. The molecule has 158 valence electrons. The number of nitrogens with zero attached hydrogens (tertiary/aromatic N) is 4. The van der Waals surface area contributed by atoms with Gasteiger partial charge in [0.25, 0.3) is 0 Å². The first-order valence-corrected chi connectivity index (χ1v) is 11.1. The van der Waals surface area contributed by atoms with Crippen LogP contribution in [0.4, 0.5) is 5.82 Å². The van der Waals surface area contributed by atoms with Gasteiger partial charge in [0.15, 0.2) is 5.65 Å². The zero-order valence-corrected chi connectivity index (χ0v) is 18.3. The van der Waals surface area contributed by atoms with Crippen molar-refractivity contribution in [1.82, 2.24) is 14.6 Å². The maximum Gasteiger partial charge on any atom is 0.165 e. The van der Waals surface area contributed by atoms with E-state index in [4.69, 9.17) is 31.2 Å². The van der Waals surface area contributed by atoms with E-state index >= 15 is 0 Å². The van der Waals surface area contributed by atoms with Crippen molar-refractivity contribution in [3.05, 3.63) is 40.7 Å². The number of benzene rings is 1. The molecule has 3 aromatic rings. The Morgan fingerprint density at radius 1 is 1.27 bits per heavy atom. The molecule has 30 heavy (non-hydrogen) atoms. The molecule has 1 aromatic carbocycles. The van der Waals surface area contributed by atoms with Crippen molar-refractivity contribution in [2.24, 2.45) is 5.92 Å². The largest absolute Gasteiger partial charge is 0.497 e. The van der Waals surface area contributed by atoms with Crippen LogP contribution in [0.25, 0.3) is 16.8 Å². The van der Waals surface area contributed by atoms with Crippen molar-refractivity contribution in [3.63, 3.8) is 0 Å². The fraction of sp³-hybridized carbons (Fsp3) is 0.478. The maximum atomic E-state index is 6.59. The van der Waals surface area contributed by atoms with Crippen LogP contribution in [0.3, 0.4) is 0 Å². The van der Waals surface area contributed by atoms with Crippen LogP contribution < -0.4 is 9.64 Å². The molecule has 1 aliphatic carbocycles. The van der Waals surface area contributed by atoms with E-state index in [-0.39, 0.29) is 0 Å². The predicted molar refractivity (Wildman–Crippen MR) is 118 cm³/mol. The van der Waals surface area contributed by atoms with Crippen molar-refractivity contribution in [2.75, 3.05) is 25.1 Å². The molecule has 1 fully saturated rings. The number of rotatable bonds is 8. The van der Waals surface area contributed by atoms with Gasteiger partial charge in [0, 0.05) is 29.8 Å². The number of methoxy groups -OCH3 is 1. The zero-order chi connectivity index (χ0) is 20.7. The van der Waals surface area contributed by atoms with Crippen molar-refractivity contribution >= 4 is 23.1 Å². The molecule has 0 atom stereocenters. The summed E-state index contributed by atoms with van der Waals surface area (Å²) in [6.45, 7) is 5.48. The average molecular weight is 427 g/mol. The predicted octanol–water partition coefficient (Wildman–Crippen LogP) is 5.11. The second-order valence-electron chi connectivity index (χ2n) is 8.24. The minimum atomic E-state index is 0.546. The molecule has 0 saturated heterocycles. The Kier molecular flexibility index (Phi) is 5.29. The van der Waals surface area contributed by atoms with Crippen LogP contribution in [0.5, 0.6) is 5.75 Å². The van der Waals surface area contributed by atoms with Gasteiger partial charge in [-0.2, -0.15) is 9.61 Å². The van der Waals surface area contributed by atoms with Crippen LogP contribution in [-0.2, 0) is 18.0 Å². The first kappa shape index (κ1) is 19.6. The Labute approximate surface area is 181 Å². The van der Waals surface area contributed by atoms with E-state index in [0.717, 1.165) is 59.5 Å². The van der Waals surface area contributed by atoms with E-state index in [1.807, 2.05) is 28.9 Å². The standard InChI is InChI=1S/C23H27ClN4O2/c1-3-4-9-27(12-15-5-6-15)23-19-13-30-14-21(19)26-22-18(11-25-28(22)23)17-8-7-16(29-2)10-20(17)24/h7-8,10-11,15H,3-6,9,12-14H2,1-2H3. The van der Waals surface area contributed by atoms with E-state index < -0.39 is 0 Å². The van der Waals surface area contributed by atoms with Crippen LogP contribution in [0, 0.1) is 5.92 Å². The Hall–Kier alpha value is -2.31. The van der Waals surface area contributed by atoms with Gasteiger partial charge in [-0.15, -0.1) is 0 Å². The second-order valence-corrected chi connectivity index (χ2v) is 8.64. The van der Waals surface area contributed by atoms with E-state index in [0.29, 0.717) is 18.2 Å². The number of aromatic nitrogens is 3. The van der Waals surface area contributed by atoms with Crippen molar-refractivity contribution in [2.45, 2.75) is 45.8 Å². The molecule has 0 N–H and O–H groups in total. The van der Waals surface area contributed by atoms with Crippen LogP contribution in [0.2, 0.25) is 5.02 Å². The molecule has 5 rings (SSSR count). The van der Waals surface area contributed by atoms with Gasteiger partial charge in [-0.25, -0.2) is 4.98 Å². The molecule has 3 heterocycles. The average Bonchev–Trinajstić information content (AvgIpc) is 3.28. The van der Waals surface area contributed by atoms with Crippen LogP contribution in [0.1, 0.15) is 43.9 Å². The molecule has 1 aliphatic heterocycles. The highest BCUT2D eigenvalue weighted by Gasteiger charge is 2.30. The number of unbranched alkanes of at least 4 members (excludes halogenated alkanes) is 1. The first-order chi connectivity index (χ1) is 14.7. The van der Waals surface area contributed by atoms with Gasteiger partial charge in [-0.05, 0) is 43.4 Å². The Bertz CT molecular complexity index is 1080. The topological polar surface area (TPSA) is 51.9 Å². The Balaban J connectivity index is 1.66. The lowest BCUT2D eigenvalue weighted by Gasteiger charge is -2.27. The third-order valence-corrected chi connectivity index (χ3v) is 6.32. The highest BCUT2D eigenvalue weighted by Crippen LogP contribution is 2.38. The molecular weight excluding hydrogens is 400 g/mol. The quantitative estimate of drug-likeness (QED) is 0.501. The highest BCUT2D eigenvalue weighted by atomic mass is 35.5. The van der Waals surface area contributed by atoms with Crippen molar-refractivity contribution < 1.29 is 9.47 Å². The molecular formula is C23H27ClN4O2. The normalized spacial score (nSPS) is 15.6. The van der Waals surface area contributed by atoms with Crippen molar-refractivity contribution in [1.29, 1.82) is 0 Å². The molecule has 1 saturated carbocycles. The van der Waals surface area contributed by atoms with E-state index in [2.05, 4.69) is 11.8 Å². The molecule has 2 aliphatic rings. The summed E-state index contributed by atoms with van der Waals surface area (Å²) >= 11 is 6.59. The smallest absolute Gasteiger partial charge is 0.165 e. The summed E-state index contributed by atoms with van der Waals surface area (Å²) in [4.78, 5) is 7.46. The molecule has 7 heteroatoms. The lowest BCUT2D eigenvalue weighted by Crippen LogP contribution is -2.30. The van der Waals surface area contributed by atoms with Crippen LogP contribution in [-0.4, -0.2) is 34.8 Å². The second kappa shape index (κ2) is 8.08. The molecule has 0 amide bonds. The van der Waals surface area contributed by atoms with Gasteiger partial charge in [-0.1, -0.05) is 24.9 Å². The lowest BCUT2D eigenvalue weighted by atomic mass is 10.1. The molecule has 0 unspecified atom stereocenters.